The topological polar surface area (TPSA) is 17.1 Å². The van der Waals surface area contributed by atoms with Gasteiger partial charge in [-0.25, -0.2) is 0 Å². The fourth-order valence-corrected chi connectivity index (χ4v) is 2.51. The number of hydrogen-bond acceptors (Lipinski definition) is 1. The van der Waals surface area contributed by atoms with Crippen LogP contribution in [0.5, 0.6) is 0 Å². The molecule has 0 radical (unpaired) electrons. The van der Waals surface area contributed by atoms with E-state index < -0.39 is 0 Å². The molecule has 0 aromatic heterocycles. The first-order valence-corrected chi connectivity index (χ1v) is 6.00. The van der Waals surface area contributed by atoms with E-state index in [2.05, 4.69) is 24.3 Å². The highest BCUT2D eigenvalue weighted by Crippen LogP contribution is 2.37. The summed E-state index contributed by atoms with van der Waals surface area (Å²) >= 11 is 0. The van der Waals surface area contributed by atoms with Crippen LogP contribution in [-0.2, 0) is 6.42 Å². The maximum Gasteiger partial charge on any atom is 0.163 e. The molecule has 0 spiro atoms. The number of carbonyl (C=O) groups excluding carboxylic acids is 1. The van der Waals surface area contributed by atoms with Gasteiger partial charge in [-0.3, -0.25) is 4.79 Å². The third kappa shape index (κ3) is 1.89. The molecule has 0 bridgehead atoms. The first kappa shape index (κ1) is 10.3. The van der Waals surface area contributed by atoms with Crippen molar-refractivity contribution in [3.63, 3.8) is 0 Å². The fraction of sp³-hybridized carbons (Fsp3) is 0.188. The lowest BCUT2D eigenvalue weighted by Crippen LogP contribution is -2.20. The number of rotatable bonds is 3. The van der Waals surface area contributed by atoms with Gasteiger partial charge in [0, 0.05) is 12.0 Å². The zero-order valence-corrected chi connectivity index (χ0v) is 9.60. The normalized spacial score (nSPS) is 17.1. The van der Waals surface area contributed by atoms with Gasteiger partial charge in [0.1, 0.15) is 0 Å². The average Bonchev–Trinajstić information content (AvgIpc) is 2.37. The summed E-state index contributed by atoms with van der Waals surface area (Å²) in [5, 5.41) is 0. The second-order valence-electron chi connectivity index (χ2n) is 4.59. The van der Waals surface area contributed by atoms with Crippen molar-refractivity contribution in [1.29, 1.82) is 0 Å². The van der Waals surface area contributed by atoms with E-state index in [4.69, 9.17) is 0 Å². The summed E-state index contributed by atoms with van der Waals surface area (Å²) in [7, 11) is 0. The van der Waals surface area contributed by atoms with Crippen LogP contribution >= 0.6 is 0 Å². The van der Waals surface area contributed by atoms with Gasteiger partial charge in [-0.05, 0) is 23.5 Å². The first-order chi connectivity index (χ1) is 8.34. The van der Waals surface area contributed by atoms with Crippen LogP contribution in [0.2, 0.25) is 0 Å². The second kappa shape index (κ2) is 4.17. The smallest absolute Gasteiger partial charge is 0.163 e. The molecule has 0 saturated carbocycles. The third-order valence-electron chi connectivity index (χ3n) is 3.49. The standard InChI is InChI=1S/C16H14O/c17-16(12-6-2-1-3-7-12)11-14-10-13-8-4-5-9-15(13)14/h1-9,14H,10-11H2. The lowest BCUT2D eigenvalue weighted by Gasteiger charge is -2.29. The van der Waals surface area contributed by atoms with Crippen LogP contribution in [0, 0.1) is 0 Å². The van der Waals surface area contributed by atoms with E-state index in [1.54, 1.807) is 0 Å². The second-order valence-corrected chi connectivity index (χ2v) is 4.59. The van der Waals surface area contributed by atoms with Crippen LogP contribution in [0.3, 0.4) is 0 Å². The van der Waals surface area contributed by atoms with Gasteiger partial charge in [-0.15, -0.1) is 0 Å². The molecule has 84 valence electrons. The zero-order chi connectivity index (χ0) is 11.7. The summed E-state index contributed by atoms with van der Waals surface area (Å²) in [6.07, 6.45) is 1.69. The highest BCUT2D eigenvalue weighted by Gasteiger charge is 2.27. The molecule has 0 amide bonds. The highest BCUT2D eigenvalue weighted by atomic mass is 16.1. The Balaban J connectivity index is 1.73. The van der Waals surface area contributed by atoms with Crippen LogP contribution < -0.4 is 0 Å². The molecule has 0 N–H and O–H groups in total. The van der Waals surface area contributed by atoms with E-state index >= 15 is 0 Å². The van der Waals surface area contributed by atoms with Gasteiger partial charge in [0.15, 0.2) is 5.78 Å². The molecular formula is C16H14O. The van der Waals surface area contributed by atoms with Gasteiger partial charge in [0.25, 0.3) is 0 Å². The molecule has 2 aromatic rings. The molecular weight excluding hydrogens is 208 g/mol. The predicted molar refractivity (Wildman–Crippen MR) is 68.3 cm³/mol. The number of fused-ring (bicyclic) bond motifs is 1. The summed E-state index contributed by atoms with van der Waals surface area (Å²) in [6, 6.07) is 18.0. The van der Waals surface area contributed by atoms with Crippen LogP contribution in [0.4, 0.5) is 0 Å². The van der Waals surface area contributed by atoms with Gasteiger partial charge in [-0.2, -0.15) is 0 Å². The minimum absolute atomic E-state index is 0.255. The van der Waals surface area contributed by atoms with Crippen molar-refractivity contribution in [2.45, 2.75) is 18.8 Å². The average molecular weight is 222 g/mol. The number of Topliss-reactive ketones (excluding diaryl/α,β-unsaturated/α-hetero) is 1. The summed E-state index contributed by atoms with van der Waals surface area (Å²) in [5.74, 6) is 0.684. The Kier molecular flexibility index (Phi) is 2.52. The molecule has 0 aliphatic heterocycles. The van der Waals surface area contributed by atoms with E-state index in [1.165, 1.54) is 11.1 Å². The van der Waals surface area contributed by atoms with Crippen molar-refractivity contribution in [2.75, 3.05) is 0 Å². The van der Waals surface area contributed by atoms with E-state index in [1.807, 2.05) is 30.3 Å². The van der Waals surface area contributed by atoms with Crippen molar-refractivity contribution in [1.82, 2.24) is 0 Å². The molecule has 1 heteroatoms. The quantitative estimate of drug-likeness (QED) is 0.725. The van der Waals surface area contributed by atoms with Crippen molar-refractivity contribution < 1.29 is 4.79 Å². The van der Waals surface area contributed by atoms with E-state index in [0.29, 0.717) is 12.3 Å². The molecule has 1 atom stereocenters. The van der Waals surface area contributed by atoms with E-state index in [9.17, 15) is 4.79 Å². The van der Waals surface area contributed by atoms with Crippen LogP contribution in [0.25, 0.3) is 0 Å². The molecule has 0 heterocycles. The number of benzene rings is 2. The van der Waals surface area contributed by atoms with Gasteiger partial charge < -0.3 is 0 Å². The Labute approximate surface area is 101 Å². The monoisotopic (exact) mass is 222 g/mol. The maximum absolute atomic E-state index is 12.1. The van der Waals surface area contributed by atoms with Crippen LogP contribution in [0.15, 0.2) is 54.6 Å². The summed E-state index contributed by atoms with van der Waals surface area (Å²) in [5.41, 5.74) is 3.59. The van der Waals surface area contributed by atoms with Crippen molar-refractivity contribution in [3.8, 4) is 0 Å². The number of hydrogen-bond donors (Lipinski definition) is 0. The molecule has 3 rings (SSSR count). The SMILES string of the molecule is O=C(CC1Cc2ccccc21)c1ccccc1. The summed E-state index contributed by atoms with van der Waals surface area (Å²) in [6.45, 7) is 0. The van der Waals surface area contributed by atoms with Crippen LogP contribution in [0.1, 0.15) is 33.8 Å². The molecule has 1 aliphatic carbocycles. The van der Waals surface area contributed by atoms with Gasteiger partial charge in [-0.1, -0.05) is 54.6 Å². The Hall–Kier alpha value is -1.89. The molecule has 1 nitrogen and oxygen atoms in total. The summed E-state index contributed by atoms with van der Waals surface area (Å²) in [4.78, 5) is 12.1. The molecule has 17 heavy (non-hydrogen) atoms. The van der Waals surface area contributed by atoms with Crippen molar-refractivity contribution in [3.05, 3.63) is 71.3 Å². The largest absolute Gasteiger partial charge is 0.294 e. The van der Waals surface area contributed by atoms with E-state index in [0.717, 1.165) is 12.0 Å². The molecule has 0 fully saturated rings. The lowest BCUT2D eigenvalue weighted by atomic mass is 9.74. The van der Waals surface area contributed by atoms with Crippen molar-refractivity contribution in [2.24, 2.45) is 0 Å². The minimum atomic E-state index is 0.255. The third-order valence-corrected chi connectivity index (χ3v) is 3.49. The lowest BCUT2D eigenvalue weighted by molar-refractivity contribution is 0.0970. The Bertz CT molecular complexity index is 542. The van der Waals surface area contributed by atoms with Gasteiger partial charge >= 0.3 is 0 Å². The fourth-order valence-electron chi connectivity index (χ4n) is 2.51. The van der Waals surface area contributed by atoms with Crippen LogP contribution in [-0.4, -0.2) is 5.78 Å². The number of carbonyl (C=O) groups is 1. The molecule has 0 saturated heterocycles. The Morgan fingerprint density at radius 1 is 1.00 bits per heavy atom. The van der Waals surface area contributed by atoms with Crippen molar-refractivity contribution >= 4 is 5.78 Å². The Morgan fingerprint density at radius 2 is 1.71 bits per heavy atom. The van der Waals surface area contributed by atoms with Gasteiger partial charge in [0.2, 0.25) is 0 Å². The molecule has 1 aliphatic rings. The Morgan fingerprint density at radius 3 is 2.47 bits per heavy atom. The minimum Gasteiger partial charge on any atom is -0.294 e. The van der Waals surface area contributed by atoms with E-state index in [-0.39, 0.29) is 5.78 Å². The predicted octanol–water partition coefficient (Wildman–Crippen LogP) is 3.60. The molecule has 1 unspecified atom stereocenters. The first-order valence-electron chi connectivity index (χ1n) is 6.00. The highest BCUT2D eigenvalue weighted by molar-refractivity contribution is 5.96. The number of ketones is 1. The molecule has 2 aromatic carbocycles. The summed E-state index contributed by atoms with van der Waals surface area (Å²) < 4.78 is 0. The zero-order valence-electron chi connectivity index (χ0n) is 9.60. The maximum atomic E-state index is 12.1. The van der Waals surface area contributed by atoms with Gasteiger partial charge in [0.05, 0.1) is 0 Å².